The van der Waals surface area contributed by atoms with E-state index in [-0.39, 0.29) is 36.4 Å². The molecule has 1 spiro atoms. The topological polar surface area (TPSA) is 87.1 Å². The van der Waals surface area contributed by atoms with E-state index >= 15 is 0 Å². The number of nitrogens with zero attached hydrogens (tertiary/aromatic N) is 2. The maximum absolute atomic E-state index is 14.7. The van der Waals surface area contributed by atoms with Gasteiger partial charge in [-0.1, -0.05) is 39.8 Å². The van der Waals surface area contributed by atoms with Crippen molar-refractivity contribution < 1.29 is 24.2 Å². The van der Waals surface area contributed by atoms with Gasteiger partial charge in [0.05, 0.1) is 35.8 Å². The Bertz CT molecular complexity index is 955. The lowest BCUT2D eigenvalue weighted by Gasteiger charge is -2.46. The first-order valence-electron chi connectivity index (χ1n) is 14.0. The summed E-state index contributed by atoms with van der Waals surface area (Å²) in [5, 5.41) is 10.3. The van der Waals surface area contributed by atoms with E-state index in [4.69, 9.17) is 4.74 Å². The summed E-state index contributed by atoms with van der Waals surface area (Å²) < 4.78 is 4.39. The standard InChI is InChI=1S/C30H48N2O5S/c1-10-13-17-37-26(36)22-21-24(34)32(20(12-3)18-33)23(30(21)15-14-29(22,9)38-30)25(35)31(16-11-2)28(7,8)19-27(4,5)6/h10-11,20-23,33H,1-2,12-19H2,3-9H3/t20-,21-,22-,23?,29+,30?/m0/s1. The zero-order chi connectivity index (χ0) is 28.7. The predicted octanol–water partition coefficient (Wildman–Crippen LogP) is 4.59. The molecule has 7 nitrogen and oxygen atoms in total. The number of thioether (sulfide) groups is 1. The van der Waals surface area contributed by atoms with Crippen molar-refractivity contribution in [2.45, 2.75) is 108 Å². The van der Waals surface area contributed by atoms with Crippen LogP contribution >= 0.6 is 11.8 Å². The van der Waals surface area contributed by atoms with Crippen molar-refractivity contribution in [3.05, 3.63) is 25.3 Å². The molecule has 3 saturated heterocycles. The summed E-state index contributed by atoms with van der Waals surface area (Å²) in [4.78, 5) is 46.0. The first-order chi connectivity index (χ1) is 17.6. The highest BCUT2D eigenvalue weighted by Gasteiger charge is 2.78. The Morgan fingerprint density at radius 2 is 1.89 bits per heavy atom. The summed E-state index contributed by atoms with van der Waals surface area (Å²) in [6.45, 7) is 22.5. The van der Waals surface area contributed by atoms with Gasteiger partial charge in [0.1, 0.15) is 6.04 Å². The maximum atomic E-state index is 14.7. The molecule has 0 aliphatic carbocycles. The number of fused-ring (bicyclic) bond motifs is 1. The van der Waals surface area contributed by atoms with Gasteiger partial charge in [-0.25, -0.2) is 0 Å². The average Bonchev–Trinajstić information content (AvgIpc) is 3.37. The number of hydrogen-bond donors (Lipinski definition) is 1. The number of rotatable bonds is 12. The molecule has 0 saturated carbocycles. The molecule has 3 heterocycles. The molecule has 8 heteroatoms. The molecular formula is C30H48N2O5S. The number of esters is 1. The minimum atomic E-state index is -0.769. The first kappa shape index (κ1) is 30.7. The number of carbonyl (C=O) groups excluding carboxylic acids is 3. The summed E-state index contributed by atoms with van der Waals surface area (Å²) >= 11 is 1.63. The quantitative estimate of drug-likeness (QED) is 0.218. The molecule has 3 rings (SSSR count). The molecule has 3 aliphatic rings. The number of aliphatic hydroxyl groups excluding tert-OH is 1. The van der Waals surface area contributed by atoms with Crippen molar-refractivity contribution in [1.82, 2.24) is 9.80 Å². The van der Waals surface area contributed by atoms with E-state index in [1.165, 1.54) is 0 Å². The normalized spacial score (nSPS) is 31.2. The highest BCUT2D eigenvalue weighted by Crippen LogP contribution is 2.72. The zero-order valence-electron chi connectivity index (χ0n) is 24.4. The van der Waals surface area contributed by atoms with Gasteiger partial charge in [0, 0.05) is 16.8 Å². The zero-order valence-corrected chi connectivity index (χ0v) is 25.2. The molecule has 2 unspecified atom stereocenters. The van der Waals surface area contributed by atoms with Crippen LogP contribution < -0.4 is 0 Å². The van der Waals surface area contributed by atoms with Gasteiger partial charge in [0.15, 0.2) is 0 Å². The molecule has 38 heavy (non-hydrogen) atoms. The lowest BCUT2D eigenvalue weighted by molar-refractivity contribution is -0.156. The Hall–Kier alpha value is -1.80. The molecule has 0 aromatic rings. The number of amides is 2. The van der Waals surface area contributed by atoms with Crippen LogP contribution in [0.1, 0.15) is 80.6 Å². The highest BCUT2D eigenvalue weighted by atomic mass is 32.2. The van der Waals surface area contributed by atoms with Crippen LogP contribution in [0.2, 0.25) is 0 Å². The van der Waals surface area contributed by atoms with E-state index in [9.17, 15) is 19.5 Å². The monoisotopic (exact) mass is 548 g/mol. The van der Waals surface area contributed by atoms with Crippen LogP contribution in [0.15, 0.2) is 25.3 Å². The van der Waals surface area contributed by atoms with E-state index in [0.29, 0.717) is 25.8 Å². The van der Waals surface area contributed by atoms with E-state index in [0.717, 1.165) is 12.8 Å². The van der Waals surface area contributed by atoms with E-state index in [1.54, 1.807) is 28.8 Å². The Morgan fingerprint density at radius 1 is 1.24 bits per heavy atom. The molecule has 0 aromatic heterocycles. The second-order valence-corrected chi connectivity index (χ2v) is 15.1. The SMILES string of the molecule is C=CCCOC(=O)[C@@H]1[C@H]2C(=O)N([C@@H](CC)CO)C(C(=O)N(CC=C)C(C)(C)CC(C)(C)C)C23CC[C@@]1(C)S3. The fourth-order valence-electron chi connectivity index (χ4n) is 7.45. The molecule has 0 aromatic carbocycles. The lowest BCUT2D eigenvalue weighted by Crippen LogP contribution is -2.61. The number of hydrogen-bond acceptors (Lipinski definition) is 6. The molecule has 0 radical (unpaired) electrons. The molecular weight excluding hydrogens is 500 g/mol. The van der Waals surface area contributed by atoms with Crippen LogP contribution in [0.3, 0.4) is 0 Å². The number of ether oxygens (including phenoxy) is 1. The summed E-state index contributed by atoms with van der Waals surface area (Å²) in [7, 11) is 0. The van der Waals surface area contributed by atoms with Gasteiger partial charge in [0.2, 0.25) is 11.8 Å². The van der Waals surface area contributed by atoms with Crippen molar-refractivity contribution in [2.24, 2.45) is 17.3 Å². The molecule has 2 bridgehead atoms. The molecule has 6 atom stereocenters. The summed E-state index contributed by atoms with van der Waals surface area (Å²) in [5.41, 5.74) is -0.525. The second-order valence-electron chi connectivity index (χ2n) is 13.2. The average molecular weight is 549 g/mol. The third-order valence-corrected chi connectivity index (χ3v) is 10.6. The third-order valence-electron chi connectivity index (χ3n) is 8.62. The van der Waals surface area contributed by atoms with Gasteiger partial charge in [0.25, 0.3) is 0 Å². The second kappa shape index (κ2) is 11.0. The van der Waals surface area contributed by atoms with Crippen LogP contribution in [0.5, 0.6) is 0 Å². The third kappa shape index (κ3) is 5.19. The lowest BCUT2D eigenvalue weighted by atomic mass is 9.66. The van der Waals surface area contributed by atoms with Crippen LogP contribution in [-0.4, -0.2) is 79.6 Å². The van der Waals surface area contributed by atoms with Gasteiger partial charge >= 0.3 is 5.97 Å². The number of carbonyl (C=O) groups is 3. The Morgan fingerprint density at radius 3 is 2.42 bits per heavy atom. The summed E-state index contributed by atoms with van der Waals surface area (Å²) in [6, 6.07) is -1.27. The Labute approximate surface area is 233 Å². The van der Waals surface area contributed by atoms with E-state index in [1.807, 2.05) is 18.7 Å². The maximum Gasteiger partial charge on any atom is 0.311 e. The minimum absolute atomic E-state index is 0.0272. The fourth-order valence-corrected chi connectivity index (χ4v) is 9.77. The van der Waals surface area contributed by atoms with Gasteiger partial charge in [-0.05, 0) is 58.3 Å². The van der Waals surface area contributed by atoms with E-state index in [2.05, 4.69) is 47.8 Å². The first-order valence-corrected chi connectivity index (χ1v) is 14.8. The van der Waals surface area contributed by atoms with Crippen molar-refractivity contribution in [3.63, 3.8) is 0 Å². The van der Waals surface area contributed by atoms with Crippen LogP contribution in [0.4, 0.5) is 0 Å². The smallest absolute Gasteiger partial charge is 0.311 e. The molecule has 214 valence electrons. The fraction of sp³-hybridized carbons (Fsp3) is 0.767. The largest absolute Gasteiger partial charge is 0.465 e. The van der Waals surface area contributed by atoms with Gasteiger partial charge in [-0.3, -0.25) is 14.4 Å². The highest BCUT2D eigenvalue weighted by molar-refractivity contribution is 8.02. The van der Waals surface area contributed by atoms with Crippen LogP contribution in [0.25, 0.3) is 0 Å². The molecule has 3 fully saturated rings. The van der Waals surface area contributed by atoms with Crippen LogP contribution in [-0.2, 0) is 19.1 Å². The van der Waals surface area contributed by atoms with Crippen molar-refractivity contribution in [1.29, 1.82) is 0 Å². The van der Waals surface area contributed by atoms with E-state index < -0.39 is 39.0 Å². The van der Waals surface area contributed by atoms with Crippen LogP contribution in [0, 0.1) is 17.3 Å². The van der Waals surface area contributed by atoms with Crippen molar-refractivity contribution >= 4 is 29.5 Å². The van der Waals surface area contributed by atoms with Crippen molar-refractivity contribution in [2.75, 3.05) is 19.8 Å². The molecule has 2 amide bonds. The van der Waals surface area contributed by atoms with Gasteiger partial charge in [-0.2, -0.15) is 0 Å². The Kier molecular flexibility index (Phi) is 8.89. The number of likely N-dealkylation sites (tertiary alicyclic amines) is 1. The minimum Gasteiger partial charge on any atom is -0.465 e. The molecule has 3 aliphatic heterocycles. The van der Waals surface area contributed by atoms with Gasteiger partial charge in [-0.15, -0.1) is 24.9 Å². The van der Waals surface area contributed by atoms with Gasteiger partial charge < -0.3 is 19.6 Å². The summed E-state index contributed by atoms with van der Waals surface area (Å²) in [5.74, 6) is -2.00. The Balaban J connectivity index is 2.12. The number of aliphatic hydroxyl groups is 1. The van der Waals surface area contributed by atoms with Crippen molar-refractivity contribution in [3.8, 4) is 0 Å². The molecule has 1 N–H and O–H groups in total. The predicted molar refractivity (Wildman–Crippen MR) is 153 cm³/mol. The summed E-state index contributed by atoms with van der Waals surface area (Å²) in [6.07, 6.45) is 6.64.